The van der Waals surface area contributed by atoms with Crippen LogP contribution in [0.5, 0.6) is 5.75 Å². The SMILES string of the molecule is Cc1nc(-c2ccc3c(c2)N(CCO)C(=O)CO3)cs1. The lowest BCUT2D eigenvalue weighted by atomic mass is 10.1. The van der Waals surface area contributed by atoms with Crippen LogP contribution in [0.3, 0.4) is 0 Å². The molecule has 0 spiro atoms. The van der Waals surface area contributed by atoms with Gasteiger partial charge >= 0.3 is 0 Å². The molecule has 1 aromatic carbocycles. The molecule has 6 heteroatoms. The van der Waals surface area contributed by atoms with Gasteiger partial charge in [0.25, 0.3) is 5.91 Å². The van der Waals surface area contributed by atoms with Gasteiger partial charge in [-0.1, -0.05) is 0 Å². The molecule has 0 atom stereocenters. The number of aliphatic hydroxyl groups excluding tert-OH is 1. The molecule has 1 N–H and O–H groups in total. The summed E-state index contributed by atoms with van der Waals surface area (Å²) in [5.74, 6) is 0.520. The third kappa shape index (κ3) is 2.28. The van der Waals surface area contributed by atoms with Crippen molar-refractivity contribution in [1.29, 1.82) is 0 Å². The Labute approximate surface area is 120 Å². The number of hydrogen-bond acceptors (Lipinski definition) is 5. The van der Waals surface area contributed by atoms with Gasteiger partial charge in [-0.3, -0.25) is 4.79 Å². The average Bonchev–Trinajstić information content (AvgIpc) is 2.88. The average molecular weight is 290 g/mol. The van der Waals surface area contributed by atoms with Crippen molar-refractivity contribution in [2.24, 2.45) is 0 Å². The molecule has 2 heterocycles. The van der Waals surface area contributed by atoms with Crippen LogP contribution in [-0.4, -0.2) is 35.8 Å². The highest BCUT2D eigenvalue weighted by Crippen LogP contribution is 2.36. The second kappa shape index (κ2) is 5.22. The minimum atomic E-state index is -0.141. The first-order chi connectivity index (χ1) is 9.69. The molecule has 0 saturated carbocycles. The zero-order chi connectivity index (χ0) is 14.1. The number of ether oxygens (including phenoxy) is 1. The summed E-state index contributed by atoms with van der Waals surface area (Å²) in [5.41, 5.74) is 2.52. The number of β-amino-alcohol motifs (C(OH)–C–C–N with tert-alkyl or cyclic N) is 1. The minimum Gasteiger partial charge on any atom is -0.482 e. The molecule has 20 heavy (non-hydrogen) atoms. The topological polar surface area (TPSA) is 62.7 Å². The lowest BCUT2D eigenvalue weighted by Crippen LogP contribution is -2.40. The van der Waals surface area contributed by atoms with E-state index in [9.17, 15) is 4.79 Å². The van der Waals surface area contributed by atoms with Gasteiger partial charge in [-0.25, -0.2) is 4.98 Å². The monoisotopic (exact) mass is 290 g/mol. The van der Waals surface area contributed by atoms with Crippen LogP contribution in [-0.2, 0) is 4.79 Å². The number of carbonyl (C=O) groups is 1. The van der Waals surface area contributed by atoms with Gasteiger partial charge in [0.05, 0.1) is 23.0 Å². The van der Waals surface area contributed by atoms with Crippen LogP contribution >= 0.6 is 11.3 Å². The zero-order valence-corrected chi connectivity index (χ0v) is 11.8. The maximum atomic E-state index is 11.9. The van der Waals surface area contributed by atoms with Crippen molar-refractivity contribution >= 4 is 22.9 Å². The molecule has 0 saturated heterocycles. The van der Waals surface area contributed by atoms with Gasteiger partial charge in [-0.05, 0) is 25.1 Å². The minimum absolute atomic E-state index is 0.0160. The lowest BCUT2D eigenvalue weighted by Gasteiger charge is -2.29. The number of carbonyl (C=O) groups excluding carboxylic acids is 1. The molecule has 3 rings (SSSR count). The van der Waals surface area contributed by atoms with E-state index in [1.165, 1.54) is 0 Å². The number of benzene rings is 1. The molecule has 0 bridgehead atoms. The summed E-state index contributed by atoms with van der Waals surface area (Å²) in [7, 11) is 0. The fourth-order valence-electron chi connectivity index (χ4n) is 2.20. The Kier molecular flexibility index (Phi) is 3.42. The Morgan fingerprint density at radius 2 is 2.35 bits per heavy atom. The summed E-state index contributed by atoms with van der Waals surface area (Å²) in [4.78, 5) is 17.9. The molecular weight excluding hydrogens is 276 g/mol. The highest BCUT2D eigenvalue weighted by molar-refractivity contribution is 7.09. The third-order valence-corrected chi connectivity index (χ3v) is 3.91. The number of thiazole rings is 1. The summed E-state index contributed by atoms with van der Waals surface area (Å²) >= 11 is 1.59. The largest absolute Gasteiger partial charge is 0.482 e. The van der Waals surface area contributed by atoms with Crippen LogP contribution in [0.4, 0.5) is 5.69 Å². The Morgan fingerprint density at radius 3 is 3.05 bits per heavy atom. The van der Waals surface area contributed by atoms with Crippen LogP contribution in [0.15, 0.2) is 23.6 Å². The number of aliphatic hydroxyl groups is 1. The molecule has 1 aromatic heterocycles. The summed E-state index contributed by atoms with van der Waals surface area (Å²) in [5, 5.41) is 12.1. The van der Waals surface area contributed by atoms with Gasteiger partial charge in [0.1, 0.15) is 5.75 Å². The van der Waals surface area contributed by atoms with Crippen LogP contribution in [0.1, 0.15) is 5.01 Å². The van der Waals surface area contributed by atoms with Crippen molar-refractivity contribution in [2.45, 2.75) is 6.92 Å². The second-order valence-corrected chi connectivity index (χ2v) is 5.55. The number of rotatable bonds is 3. The first-order valence-corrected chi connectivity index (χ1v) is 7.17. The molecule has 5 nitrogen and oxygen atoms in total. The standard InChI is InChI=1S/C14H14N2O3S/c1-9-15-11(8-20-9)10-2-3-13-12(6-10)16(4-5-17)14(18)7-19-13/h2-3,6,8,17H,4-5,7H2,1H3. The summed E-state index contributed by atoms with van der Waals surface area (Å²) in [6.45, 7) is 2.17. The van der Waals surface area contributed by atoms with Gasteiger partial charge < -0.3 is 14.7 Å². The molecule has 1 amide bonds. The van der Waals surface area contributed by atoms with Gasteiger partial charge in [0.15, 0.2) is 6.61 Å². The van der Waals surface area contributed by atoms with E-state index in [2.05, 4.69) is 4.98 Å². The van der Waals surface area contributed by atoms with Crippen molar-refractivity contribution in [3.05, 3.63) is 28.6 Å². The van der Waals surface area contributed by atoms with Gasteiger partial charge in [-0.15, -0.1) is 11.3 Å². The van der Waals surface area contributed by atoms with Gasteiger partial charge in [0.2, 0.25) is 0 Å². The van der Waals surface area contributed by atoms with E-state index >= 15 is 0 Å². The summed E-state index contributed by atoms with van der Waals surface area (Å²) in [6, 6.07) is 5.66. The number of fused-ring (bicyclic) bond motifs is 1. The third-order valence-electron chi connectivity index (χ3n) is 3.14. The van der Waals surface area contributed by atoms with E-state index in [1.54, 1.807) is 16.2 Å². The maximum Gasteiger partial charge on any atom is 0.265 e. The van der Waals surface area contributed by atoms with Crippen LogP contribution < -0.4 is 9.64 Å². The Bertz CT molecular complexity index is 654. The van der Waals surface area contributed by atoms with Crippen molar-refractivity contribution < 1.29 is 14.6 Å². The van der Waals surface area contributed by atoms with Crippen molar-refractivity contribution in [3.63, 3.8) is 0 Å². The molecule has 1 aliphatic rings. The smallest absolute Gasteiger partial charge is 0.265 e. The van der Waals surface area contributed by atoms with E-state index in [1.807, 2.05) is 30.5 Å². The molecular formula is C14H14N2O3S. The fraction of sp³-hybridized carbons (Fsp3) is 0.286. The molecule has 1 aliphatic heterocycles. The molecule has 0 unspecified atom stereocenters. The number of hydrogen-bond donors (Lipinski definition) is 1. The molecule has 0 aliphatic carbocycles. The molecule has 104 valence electrons. The van der Waals surface area contributed by atoms with Crippen molar-refractivity contribution in [3.8, 4) is 17.0 Å². The lowest BCUT2D eigenvalue weighted by molar-refractivity contribution is -0.121. The van der Waals surface area contributed by atoms with Crippen molar-refractivity contribution in [2.75, 3.05) is 24.7 Å². The first kappa shape index (κ1) is 13.1. The normalized spacial score (nSPS) is 14.1. The quantitative estimate of drug-likeness (QED) is 0.937. The van der Waals surface area contributed by atoms with E-state index in [0.717, 1.165) is 16.3 Å². The number of nitrogens with zero attached hydrogens (tertiary/aromatic N) is 2. The Hall–Kier alpha value is -1.92. The van der Waals surface area contributed by atoms with Crippen LogP contribution in [0.25, 0.3) is 11.3 Å². The van der Waals surface area contributed by atoms with E-state index < -0.39 is 0 Å². The van der Waals surface area contributed by atoms with Crippen LogP contribution in [0, 0.1) is 6.92 Å². The number of amides is 1. The summed E-state index contributed by atoms with van der Waals surface area (Å²) < 4.78 is 5.42. The van der Waals surface area contributed by atoms with Gasteiger partial charge in [0, 0.05) is 17.5 Å². The Morgan fingerprint density at radius 1 is 1.50 bits per heavy atom. The van der Waals surface area contributed by atoms with E-state index in [-0.39, 0.29) is 25.7 Å². The number of anilines is 1. The van der Waals surface area contributed by atoms with E-state index in [4.69, 9.17) is 9.84 Å². The zero-order valence-electron chi connectivity index (χ0n) is 11.0. The number of aryl methyl sites for hydroxylation is 1. The predicted molar refractivity (Wildman–Crippen MR) is 77.2 cm³/mol. The number of aromatic nitrogens is 1. The fourth-order valence-corrected chi connectivity index (χ4v) is 2.82. The first-order valence-electron chi connectivity index (χ1n) is 6.29. The highest BCUT2D eigenvalue weighted by atomic mass is 32.1. The predicted octanol–water partition coefficient (Wildman–Crippen LogP) is 1.84. The Balaban J connectivity index is 2.03. The molecule has 0 radical (unpaired) electrons. The second-order valence-electron chi connectivity index (χ2n) is 4.49. The van der Waals surface area contributed by atoms with E-state index in [0.29, 0.717) is 11.4 Å². The maximum absolute atomic E-state index is 11.9. The van der Waals surface area contributed by atoms with Crippen molar-refractivity contribution in [1.82, 2.24) is 4.98 Å². The highest BCUT2D eigenvalue weighted by Gasteiger charge is 2.25. The van der Waals surface area contributed by atoms with Gasteiger partial charge in [-0.2, -0.15) is 0 Å². The summed E-state index contributed by atoms with van der Waals surface area (Å²) in [6.07, 6.45) is 0. The molecule has 2 aromatic rings. The molecule has 0 fully saturated rings. The van der Waals surface area contributed by atoms with Crippen LogP contribution in [0.2, 0.25) is 0 Å².